The zero-order chi connectivity index (χ0) is 16.3. The Kier molecular flexibility index (Phi) is 5.29. The van der Waals surface area contributed by atoms with Gasteiger partial charge in [-0.3, -0.25) is 9.59 Å². The molecule has 0 radical (unpaired) electrons. The van der Waals surface area contributed by atoms with Crippen molar-refractivity contribution in [3.63, 3.8) is 0 Å². The molecule has 2 rings (SSSR count). The largest absolute Gasteiger partial charge is 0.492 e. The van der Waals surface area contributed by atoms with Gasteiger partial charge < -0.3 is 15.2 Å². The van der Waals surface area contributed by atoms with E-state index in [0.717, 1.165) is 0 Å². The van der Waals surface area contributed by atoms with Crippen molar-refractivity contribution in [1.82, 2.24) is 0 Å². The fourth-order valence-corrected chi connectivity index (χ4v) is 2.53. The Hall–Kier alpha value is -1.75. The third-order valence-electron chi connectivity index (χ3n) is 3.70. The molecule has 0 heterocycles. The van der Waals surface area contributed by atoms with E-state index < -0.39 is 17.8 Å². The maximum absolute atomic E-state index is 12.1. The lowest BCUT2D eigenvalue weighted by molar-refractivity contribution is -0.151. The van der Waals surface area contributed by atoms with E-state index in [2.05, 4.69) is 5.32 Å². The predicted molar refractivity (Wildman–Crippen MR) is 84.3 cm³/mol. The van der Waals surface area contributed by atoms with E-state index in [-0.39, 0.29) is 5.91 Å². The van der Waals surface area contributed by atoms with Gasteiger partial charge in [0.05, 0.1) is 23.5 Å². The van der Waals surface area contributed by atoms with Crippen molar-refractivity contribution in [2.45, 2.75) is 26.7 Å². The van der Waals surface area contributed by atoms with Crippen molar-refractivity contribution in [3.8, 4) is 5.75 Å². The molecule has 1 aliphatic rings. The Morgan fingerprint density at radius 2 is 2.05 bits per heavy atom. The summed E-state index contributed by atoms with van der Waals surface area (Å²) >= 11 is 6.13. The lowest BCUT2D eigenvalue weighted by atomic mass is 9.73. The maximum atomic E-state index is 12.1. The number of carbonyl (C=O) groups excluding carboxylic acids is 1. The standard InChI is InChI=1S/C16H20ClNO4/c1-9(2)8-22-14-6-3-10(7-13(14)17)18-15(19)11-4-5-12(11)16(20)21/h3,6-7,9,11-12H,4-5,8H2,1-2H3,(H,18,19)(H,20,21)/t11-,12-/m1/s1. The third kappa shape index (κ3) is 3.91. The lowest BCUT2D eigenvalue weighted by Crippen LogP contribution is -2.41. The molecule has 6 heteroatoms. The van der Waals surface area contributed by atoms with Crippen molar-refractivity contribution in [2.24, 2.45) is 17.8 Å². The van der Waals surface area contributed by atoms with Gasteiger partial charge in [0.1, 0.15) is 5.75 Å². The molecule has 1 saturated carbocycles. The van der Waals surface area contributed by atoms with Crippen molar-refractivity contribution in [3.05, 3.63) is 23.2 Å². The monoisotopic (exact) mass is 325 g/mol. The van der Waals surface area contributed by atoms with Crippen molar-refractivity contribution in [1.29, 1.82) is 0 Å². The first-order valence-corrected chi connectivity index (χ1v) is 7.72. The van der Waals surface area contributed by atoms with Gasteiger partial charge in [-0.2, -0.15) is 0 Å². The SMILES string of the molecule is CC(C)COc1ccc(NC(=O)[C@@H]2CC[C@H]2C(=O)O)cc1Cl. The molecule has 1 aliphatic carbocycles. The van der Waals surface area contributed by atoms with Gasteiger partial charge in [-0.15, -0.1) is 0 Å². The summed E-state index contributed by atoms with van der Waals surface area (Å²) in [4.78, 5) is 23.0. The number of aliphatic carboxylic acids is 1. The number of carboxylic acid groups (broad SMARTS) is 1. The van der Waals surface area contributed by atoms with Gasteiger partial charge >= 0.3 is 5.97 Å². The molecular formula is C16H20ClNO4. The summed E-state index contributed by atoms with van der Waals surface area (Å²) in [5.74, 6) is -1.27. The van der Waals surface area contributed by atoms with E-state index in [4.69, 9.17) is 21.4 Å². The minimum atomic E-state index is -0.915. The zero-order valence-electron chi connectivity index (χ0n) is 12.6. The number of halogens is 1. The molecule has 0 unspecified atom stereocenters. The number of anilines is 1. The van der Waals surface area contributed by atoms with Crippen molar-refractivity contribution in [2.75, 3.05) is 11.9 Å². The molecule has 0 bridgehead atoms. The van der Waals surface area contributed by atoms with E-state index >= 15 is 0 Å². The molecule has 22 heavy (non-hydrogen) atoms. The first-order valence-electron chi connectivity index (χ1n) is 7.34. The summed E-state index contributed by atoms with van der Waals surface area (Å²) < 4.78 is 5.56. The van der Waals surface area contributed by atoms with Crippen LogP contribution in [0.3, 0.4) is 0 Å². The highest BCUT2D eigenvalue weighted by Crippen LogP contribution is 2.36. The number of nitrogens with one attached hydrogen (secondary N) is 1. The highest BCUT2D eigenvalue weighted by atomic mass is 35.5. The highest BCUT2D eigenvalue weighted by Gasteiger charge is 2.41. The fraction of sp³-hybridized carbons (Fsp3) is 0.500. The smallest absolute Gasteiger partial charge is 0.307 e. The first-order chi connectivity index (χ1) is 10.4. The van der Waals surface area contributed by atoms with Crippen LogP contribution < -0.4 is 10.1 Å². The van der Waals surface area contributed by atoms with Crippen LogP contribution in [0.15, 0.2) is 18.2 Å². The van der Waals surface area contributed by atoms with Crippen LogP contribution in [0.4, 0.5) is 5.69 Å². The van der Waals surface area contributed by atoms with Crippen LogP contribution in [0.5, 0.6) is 5.75 Å². The second kappa shape index (κ2) is 7.01. The number of benzene rings is 1. The molecule has 1 amide bonds. The third-order valence-corrected chi connectivity index (χ3v) is 4.00. The molecule has 1 aromatic rings. The fourth-order valence-electron chi connectivity index (χ4n) is 2.30. The molecule has 120 valence electrons. The van der Waals surface area contributed by atoms with Gasteiger partial charge in [0.2, 0.25) is 5.91 Å². The van der Waals surface area contributed by atoms with Crippen LogP contribution in [-0.4, -0.2) is 23.6 Å². The zero-order valence-corrected chi connectivity index (χ0v) is 13.4. The molecule has 2 N–H and O–H groups in total. The van der Waals surface area contributed by atoms with Crippen LogP contribution in [0.1, 0.15) is 26.7 Å². The Morgan fingerprint density at radius 1 is 1.36 bits per heavy atom. The van der Waals surface area contributed by atoms with Gasteiger partial charge in [-0.05, 0) is 37.0 Å². The lowest BCUT2D eigenvalue weighted by Gasteiger charge is -2.31. The van der Waals surface area contributed by atoms with Crippen LogP contribution in [0, 0.1) is 17.8 Å². The normalized spacial score (nSPS) is 20.4. The average Bonchev–Trinajstić information content (AvgIpc) is 2.35. The van der Waals surface area contributed by atoms with Crippen LogP contribution in [0.25, 0.3) is 0 Å². The minimum absolute atomic E-state index is 0.273. The summed E-state index contributed by atoms with van der Waals surface area (Å²) in [7, 11) is 0. The summed E-state index contributed by atoms with van der Waals surface area (Å²) in [6.45, 7) is 4.65. The second-order valence-corrected chi connectivity index (χ2v) is 6.38. The predicted octanol–water partition coefficient (Wildman–Crippen LogP) is 3.42. The summed E-state index contributed by atoms with van der Waals surface area (Å²) in [6.07, 6.45) is 1.16. The minimum Gasteiger partial charge on any atom is -0.492 e. The van der Waals surface area contributed by atoms with E-state index in [1.54, 1.807) is 18.2 Å². The molecule has 0 aliphatic heterocycles. The van der Waals surface area contributed by atoms with Crippen LogP contribution in [-0.2, 0) is 9.59 Å². The number of amides is 1. The average molecular weight is 326 g/mol. The molecule has 0 saturated heterocycles. The van der Waals surface area contributed by atoms with Gasteiger partial charge in [-0.1, -0.05) is 25.4 Å². The summed E-state index contributed by atoms with van der Waals surface area (Å²) in [6, 6.07) is 5.02. The summed E-state index contributed by atoms with van der Waals surface area (Å²) in [5, 5.41) is 12.1. The molecule has 1 fully saturated rings. The quantitative estimate of drug-likeness (QED) is 0.840. The Balaban J connectivity index is 1.97. The topological polar surface area (TPSA) is 75.6 Å². The number of hydrogen-bond acceptors (Lipinski definition) is 3. The highest BCUT2D eigenvalue weighted by molar-refractivity contribution is 6.32. The van der Waals surface area contributed by atoms with Gasteiger partial charge in [0.15, 0.2) is 0 Å². The van der Waals surface area contributed by atoms with E-state index in [1.165, 1.54) is 0 Å². The Bertz CT molecular complexity index is 573. The summed E-state index contributed by atoms with van der Waals surface area (Å²) in [5.41, 5.74) is 0.544. The van der Waals surface area contributed by atoms with Gasteiger partial charge in [-0.25, -0.2) is 0 Å². The van der Waals surface area contributed by atoms with E-state index in [0.29, 0.717) is 41.8 Å². The number of carboxylic acids is 1. The molecule has 0 spiro atoms. The van der Waals surface area contributed by atoms with Crippen LogP contribution >= 0.6 is 11.6 Å². The van der Waals surface area contributed by atoms with Crippen LogP contribution in [0.2, 0.25) is 5.02 Å². The van der Waals surface area contributed by atoms with E-state index in [1.807, 2.05) is 13.8 Å². The molecule has 0 aromatic heterocycles. The van der Waals surface area contributed by atoms with Crippen molar-refractivity contribution >= 4 is 29.2 Å². The molecule has 2 atom stereocenters. The number of rotatable bonds is 6. The van der Waals surface area contributed by atoms with Gasteiger partial charge in [0, 0.05) is 5.69 Å². The van der Waals surface area contributed by atoms with E-state index in [9.17, 15) is 9.59 Å². The number of hydrogen-bond donors (Lipinski definition) is 2. The number of ether oxygens (including phenoxy) is 1. The number of carbonyl (C=O) groups is 2. The molecule has 5 nitrogen and oxygen atoms in total. The first kappa shape index (κ1) is 16.6. The Morgan fingerprint density at radius 3 is 2.55 bits per heavy atom. The van der Waals surface area contributed by atoms with Crippen molar-refractivity contribution < 1.29 is 19.4 Å². The van der Waals surface area contributed by atoms with Gasteiger partial charge in [0.25, 0.3) is 0 Å². The molecule has 1 aromatic carbocycles. The Labute approximate surface area is 134 Å². The second-order valence-electron chi connectivity index (χ2n) is 5.97. The molecular weight excluding hydrogens is 306 g/mol. The maximum Gasteiger partial charge on any atom is 0.307 e.